The van der Waals surface area contributed by atoms with Crippen LogP contribution in [0.3, 0.4) is 0 Å². The summed E-state index contributed by atoms with van der Waals surface area (Å²) in [4.78, 5) is 47.9. The summed E-state index contributed by atoms with van der Waals surface area (Å²) >= 11 is 3.25. The molecule has 68 heavy (non-hydrogen) atoms. The summed E-state index contributed by atoms with van der Waals surface area (Å²) in [5, 5.41) is 0. The van der Waals surface area contributed by atoms with Gasteiger partial charge in [-0.05, 0) is 149 Å². The topological polar surface area (TPSA) is 187 Å². The number of H-pyrrole nitrogens is 2. The normalized spacial score (nSPS) is 17.3. The van der Waals surface area contributed by atoms with E-state index in [1.807, 2.05) is 36.4 Å². The number of ether oxygens (including phenoxy) is 4. The summed E-state index contributed by atoms with van der Waals surface area (Å²) in [6.07, 6.45) is 2.64. The van der Waals surface area contributed by atoms with E-state index in [0.29, 0.717) is 70.9 Å². The molecule has 2 aromatic heterocycles. The van der Waals surface area contributed by atoms with E-state index in [9.17, 15) is 18.4 Å². The van der Waals surface area contributed by atoms with Gasteiger partial charge in [0.1, 0.15) is 35.5 Å². The monoisotopic (exact) mass is 970 g/mol. The minimum absolute atomic E-state index is 0.0517. The van der Waals surface area contributed by atoms with E-state index in [0.717, 1.165) is 72.8 Å². The average Bonchev–Trinajstić information content (AvgIpc) is 3.95. The molecule has 8 rings (SSSR count). The number of carbonyl (C=O) groups excluding carboxylic acids is 2. The minimum atomic E-state index is -1.19. The van der Waals surface area contributed by atoms with Gasteiger partial charge in [0.05, 0.1) is 34.3 Å². The van der Waals surface area contributed by atoms with Crippen molar-refractivity contribution in [1.29, 1.82) is 0 Å². The van der Waals surface area contributed by atoms with E-state index in [1.54, 1.807) is 35.7 Å². The van der Waals surface area contributed by atoms with E-state index in [-0.39, 0.29) is 23.8 Å². The molecule has 0 saturated carbocycles. The van der Waals surface area contributed by atoms with Gasteiger partial charge < -0.3 is 38.7 Å². The van der Waals surface area contributed by atoms with E-state index in [1.165, 1.54) is 24.3 Å². The van der Waals surface area contributed by atoms with Crippen molar-refractivity contribution in [2.75, 3.05) is 51.8 Å². The van der Waals surface area contributed by atoms with Gasteiger partial charge in [0.25, 0.3) is 0 Å². The Morgan fingerprint density at radius 3 is 1.47 bits per heavy atom. The maximum absolute atomic E-state index is 14.0. The number of carbonyl (C=O) groups is 2. The number of halogens is 2. The molecule has 2 aliphatic heterocycles. The van der Waals surface area contributed by atoms with Crippen molar-refractivity contribution < 1.29 is 37.3 Å². The summed E-state index contributed by atoms with van der Waals surface area (Å²) in [6, 6.07) is 25.2. The summed E-state index contributed by atoms with van der Waals surface area (Å²) in [5.74, 6) is -0.453. The number of aromatic nitrogens is 4. The second-order valence-electron chi connectivity index (χ2n) is 17.6. The van der Waals surface area contributed by atoms with Crippen LogP contribution < -0.4 is 11.5 Å². The molecule has 0 bridgehead atoms. The van der Waals surface area contributed by atoms with Crippen LogP contribution in [0, 0.1) is 11.6 Å². The van der Waals surface area contributed by atoms with E-state index >= 15 is 0 Å². The van der Waals surface area contributed by atoms with Crippen molar-refractivity contribution in [3.8, 4) is 0 Å². The Morgan fingerprint density at radius 1 is 0.647 bits per heavy atom. The molecule has 6 N–H and O–H groups in total. The number of nitrogens with two attached hydrogens (primary N) is 2. The summed E-state index contributed by atoms with van der Waals surface area (Å²) < 4.78 is 51.9. The lowest BCUT2D eigenvalue weighted by Crippen LogP contribution is -2.36. The molecule has 362 valence electrons. The number of benzene rings is 4. The first kappa shape index (κ1) is 49.5. The lowest BCUT2D eigenvalue weighted by atomic mass is 10.1. The van der Waals surface area contributed by atoms with Crippen LogP contribution in [0.1, 0.15) is 86.4 Å². The molecule has 4 atom stereocenters. The Morgan fingerprint density at radius 2 is 1.06 bits per heavy atom. The number of nitrogens with zero attached hydrogens (tertiary/aromatic N) is 4. The lowest BCUT2D eigenvalue weighted by molar-refractivity contribution is -0.174. The van der Waals surface area contributed by atoms with Gasteiger partial charge in [0.15, 0.2) is 12.5 Å². The second kappa shape index (κ2) is 23.6. The van der Waals surface area contributed by atoms with Crippen molar-refractivity contribution >= 4 is 57.5 Å². The van der Waals surface area contributed by atoms with Gasteiger partial charge in [-0.25, -0.2) is 28.3 Å². The van der Waals surface area contributed by atoms with Crippen LogP contribution in [-0.4, -0.2) is 118 Å². The number of esters is 2. The highest BCUT2D eigenvalue weighted by molar-refractivity contribution is 7.99. The second-order valence-corrected chi connectivity index (χ2v) is 20.0. The van der Waals surface area contributed by atoms with E-state index in [4.69, 9.17) is 40.4 Å². The van der Waals surface area contributed by atoms with Gasteiger partial charge in [-0.2, -0.15) is 0 Å². The SMILES string of the molecule is CN1CCC(OC(c2cccc(SCCCC(N)OC(=O)C(=O)OC(N)CCCSc3cccc(C(OC4CCN(C)CC4)c4nc5ccc(F)cc5[nH]4)c3)c2)c2nc3ccc(F)cc3[nH]2)CC1. The molecule has 0 spiro atoms. The zero-order chi connectivity index (χ0) is 47.6. The van der Waals surface area contributed by atoms with Gasteiger partial charge in [0, 0.05) is 36.0 Å². The van der Waals surface area contributed by atoms with E-state index in [2.05, 4.69) is 46.0 Å². The first-order valence-electron chi connectivity index (χ1n) is 23.3. The van der Waals surface area contributed by atoms with Gasteiger partial charge in [-0.3, -0.25) is 11.5 Å². The molecular formula is C50H60F2N8O6S2. The standard InChI is InChI=1S/C50H60F2N8O6S2/c1-59-21-17-35(18-22-59)63-45(47-55-39-15-13-33(51)29-41(39)57-47)31-7-3-9-37(27-31)67-25-5-11-43(53)65-49(61)50(62)66-44(54)12-6-26-68-38-10-4-8-32(28-38)46(64-36-19-23-60(2)24-20-36)48-56-40-16-14-34(52)30-42(40)58-48/h3-4,7-10,13-16,27-30,35-36,43-46H,5-6,11-12,17-26,53-54H2,1-2H3,(H,55,57)(H,56,58). The number of aromatic amines is 2. The molecule has 6 aromatic rings. The predicted molar refractivity (Wildman–Crippen MR) is 260 cm³/mol. The summed E-state index contributed by atoms with van der Waals surface area (Å²) in [5.41, 5.74) is 16.6. The highest BCUT2D eigenvalue weighted by Crippen LogP contribution is 2.34. The molecule has 14 nitrogen and oxygen atoms in total. The maximum Gasteiger partial charge on any atom is 0.419 e. The fourth-order valence-corrected chi connectivity index (χ4v) is 10.3. The number of piperidine rings is 2. The third-order valence-corrected chi connectivity index (χ3v) is 14.4. The first-order chi connectivity index (χ1) is 32.9. The smallest absolute Gasteiger partial charge is 0.419 e. The lowest BCUT2D eigenvalue weighted by Gasteiger charge is -2.31. The third kappa shape index (κ3) is 13.7. The highest BCUT2D eigenvalue weighted by Gasteiger charge is 2.29. The number of likely N-dealkylation sites (tertiary alicyclic amines) is 2. The Kier molecular flexibility index (Phi) is 17.2. The highest BCUT2D eigenvalue weighted by atomic mass is 32.2. The Hall–Kier alpha value is -4.92. The van der Waals surface area contributed by atoms with Crippen molar-refractivity contribution in [1.82, 2.24) is 29.7 Å². The van der Waals surface area contributed by atoms with Crippen molar-refractivity contribution in [2.24, 2.45) is 11.5 Å². The van der Waals surface area contributed by atoms with Crippen LogP contribution in [0.2, 0.25) is 0 Å². The number of nitrogens with one attached hydrogen (secondary N) is 2. The molecule has 18 heteroatoms. The molecule has 4 unspecified atom stereocenters. The molecule has 4 heterocycles. The minimum Gasteiger partial charge on any atom is -0.438 e. The van der Waals surface area contributed by atoms with Crippen LogP contribution in [0.5, 0.6) is 0 Å². The Bertz CT molecular complexity index is 2440. The Labute approximate surface area is 403 Å². The van der Waals surface area contributed by atoms with Gasteiger partial charge in [-0.15, -0.1) is 23.5 Å². The van der Waals surface area contributed by atoms with Gasteiger partial charge >= 0.3 is 11.9 Å². The quantitative estimate of drug-likeness (QED) is 0.0188. The molecule has 0 aliphatic carbocycles. The predicted octanol–water partition coefficient (Wildman–Crippen LogP) is 8.22. The zero-order valence-corrected chi connectivity index (χ0v) is 40.0. The number of rotatable bonds is 20. The average molecular weight is 971 g/mol. The van der Waals surface area contributed by atoms with Gasteiger partial charge in [0.2, 0.25) is 0 Å². The molecule has 0 radical (unpaired) electrons. The van der Waals surface area contributed by atoms with Crippen molar-refractivity contribution in [2.45, 2.75) is 98.0 Å². The van der Waals surface area contributed by atoms with E-state index < -0.39 is 36.6 Å². The maximum atomic E-state index is 14.0. The molecule has 0 amide bonds. The van der Waals surface area contributed by atoms with Gasteiger partial charge in [-0.1, -0.05) is 24.3 Å². The van der Waals surface area contributed by atoms with Crippen LogP contribution in [0.25, 0.3) is 22.1 Å². The number of imidazole rings is 2. The number of hydrogen-bond donors (Lipinski definition) is 4. The van der Waals surface area contributed by atoms with Crippen LogP contribution >= 0.6 is 23.5 Å². The molecule has 4 aromatic carbocycles. The summed E-state index contributed by atoms with van der Waals surface area (Å²) in [6.45, 7) is 3.77. The molecule has 2 saturated heterocycles. The first-order valence-corrected chi connectivity index (χ1v) is 25.3. The summed E-state index contributed by atoms with van der Waals surface area (Å²) in [7, 11) is 4.21. The number of hydrogen-bond acceptors (Lipinski definition) is 14. The zero-order valence-electron chi connectivity index (χ0n) is 38.4. The fraction of sp³-hybridized carbons (Fsp3) is 0.440. The van der Waals surface area contributed by atoms with Crippen LogP contribution in [0.4, 0.5) is 8.78 Å². The Balaban J connectivity index is 0.766. The van der Waals surface area contributed by atoms with Crippen molar-refractivity contribution in [3.63, 3.8) is 0 Å². The number of thioether (sulfide) groups is 2. The third-order valence-electron chi connectivity index (χ3n) is 12.2. The van der Waals surface area contributed by atoms with Crippen LogP contribution in [-0.2, 0) is 28.5 Å². The number of fused-ring (bicyclic) bond motifs is 2. The molecule has 2 fully saturated rings. The van der Waals surface area contributed by atoms with Crippen LogP contribution in [0.15, 0.2) is 94.7 Å². The fourth-order valence-electron chi connectivity index (χ4n) is 8.45. The molecular weight excluding hydrogens is 911 g/mol. The van der Waals surface area contributed by atoms with Crippen molar-refractivity contribution in [3.05, 3.63) is 119 Å². The largest absolute Gasteiger partial charge is 0.438 e. The molecule has 2 aliphatic rings.